The quantitative estimate of drug-likeness (QED) is 0.507. The van der Waals surface area contributed by atoms with Crippen LogP contribution in [0.15, 0.2) is 46.2 Å². The lowest BCUT2D eigenvalue weighted by molar-refractivity contribution is -0.113. The molecule has 29 heavy (non-hydrogen) atoms. The maximum atomic E-state index is 12.2. The predicted molar refractivity (Wildman–Crippen MR) is 117 cm³/mol. The Morgan fingerprint density at radius 2 is 2.07 bits per heavy atom. The number of halogens is 1. The number of amides is 1. The van der Waals surface area contributed by atoms with E-state index in [1.165, 1.54) is 17.3 Å². The number of aryl methyl sites for hydroxylation is 1. The lowest BCUT2D eigenvalue weighted by Gasteiger charge is -2.16. The van der Waals surface area contributed by atoms with Crippen LogP contribution in [-0.2, 0) is 11.8 Å². The molecular weight excluding hydrogens is 454 g/mol. The number of rotatable bonds is 7. The zero-order chi connectivity index (χ0) is 21.0. The molecule has 0 bridgehead atoms. The van der Waals surface area contributed by atoms with Crippen LogP contribution in [0.2, 0.25) is 0 Å². The minimum absolute atomic E-state index is 0.158. The first kappa shape index (κ1) is 21.3. The van der Waals surface area contributed by atoms with Crippen LogP contribution in [0.5, 0.6) is 5.75 Å². The fourth-order valence-electron chi connectivity index (χ4n) is 2.66. The third-order valence-corrected chi connectivity index (χ3v) is 5.91. The van der Waals surface area contributed by atoms with Crippen LogP contribution in [-0.4, -0.2) is 31.4 Å². The number of anilines is 1. The molecule has 3 rings (SSSR count). The molecule has 1 aromatic carbocycles. The maximum Gasteiger partial charge on any atom is 0.236 e. The Balaban J connectivity index is 1.60. The van der Waals surface area contributed by atoms with Crippen LogP contribution in [0.3, 0.4) is 0 Å². The SMILES string of the molecule is Cc1cccc(OC(C)c2nnc(SCC(=O)Nc3ccc(Br)cn3)n2C)c1C. The van der Waals surface area contributed by atoms with Crippen LogP contribution in [0.1, 0.15) is 30.0 Å². The summed E-state index contributed by atoms with van der Waals surface area (Å²) < 4.78 is 8.80. The van der Waals surface area contributed by atoms with Crippen molar-refractivity contribution >= 4 is 39.4 Å². The van der Waals surface area contributed by atoms with Crippen molar-refractivity contribution in [2.75, 3.05) is 11.1 Å². The molecule has 2 heterocycles. The Morgan fingerprint density at radius 3 is 2.79 bits per heavy atom. The monoisotopic (exact) mass is 475 g/mol. The zero-order valence-corrected chi connectivity index (χ0v) is 19.0. The molecule has 0 saturated carbocycles. The van der Waals surface area contributed by atoms with Gasteiger partial charge in [0.1, 0.15) is 11.6 Å². The molecule has 1 unspecified atom stereocenters. The fraction of sp³-hybridized carbons (Fsp3) is 0.300. The Kier molecular flexibility index (Phi) is 6.92. The van der Waals surface area contributed by atoms with Crippen molar-refractivity contribution in [3.05, 3.63) is 58.0 Å². The van der Waals surface area contributed by atoms with E-state index in [0.29, 0.717) is 16.8 Å². The molecule has 7 nitrogen and oxygen atoms in total. The van der Waals surface area contributed by atoms with E-state index in [9.17, 15) is 4.79 Å². The summed E-state index contributed by atoms with van der Waals surface area (Å²) in [7, 11) is 1.87. The summed E-state index contributed by atoms with van der Waals surface area (Å²) in [6.45, 7) is 6.03. The minimum atomic E-state index is -0.275. The number of nitrogens with zero attached hydrogens (tertiary/aromatic N) is 4. The number of ether oxygens (including phenoxy) is 1. The molecule has 1 amide bonds. The molecule has 3 aromatic rings. The number of hydrogen-bond acceptors (Lipinski definition) is 6. The number of aromatic nitrogens is 4. The van der Waals surface area contributed by atoms with Crippen LogP contribution in [0.4, 0.5) is 5.82 Å². The fourth-order valence-corrected chi connectivity index (χ4v) is 3.61. The van der Waals surface area contributed by atoms with E-state index < -0.39 is 0 Å². The summed E-state index contributed by atoms with van der Waals surface area (Å²) in [4.78, 5) is 16.3. The molecular formula is C20H22BrN5O2S. The van der Waals surface area contributed by atoms with Crippen molar-refractivity contribution in [3.8, 4) is 5.75 Å². The van der Waals surface area contributed by atoms with E-state index in [0.717, 1.165) is 15.8 Å². The molecule has 1 N–H and O–H groups in total. The lowest BCUT2D eigenvalue weighted by Crippen LogP contribution is -2.15. The van der Waals surface area contributed by atoms with Gasteiger partial charge in [-0.1, -0.05) is 23.9 Å². The zero-order valence-electron chi connectivity index (χ0n) is 16.6. The largest absolute Gasteiger partial charge is 0.482 e. The van der Waals surface area contributed by atoms with Gasteiger partial charge in [0.25, 0.3) is 0 Å². The second-order valence-corrected chi connectivity index (χ2v) is 8.41. The molecule has 2 aromatic heterocycles. The highest BCUT2D eigenvalue weighted by atomic mass is 79.9. The second kappa shape index (κ2) is 9.41. The van der Waals surface area contributed by atoms with Crippen molar-refractivity contribution < 1.29 is 9.53 Å². The van der Waals surface area contributed by atoms with Crippen molar-refractivity contribution in [1.29, 1.82) is 0 Å². The number of carbonyl (C=O) groups is 1. The number of nitrogens with one attached hydrogen (secondary N) is 1. The summed E-state index contributed by atoms with van der Waals surface area (Å²) in [6, 6.07) is 9.53. The summed E-state index contributed by atoms with van der Waals surface area (Å²) in [5, 5.41) is 11.9. The second-order valence-electron chi connectivity index (χ2n) is 6.56. The van der Waals surface area contributed by atoms with E-state index >= 15 is 0 Å². The van der Waals surface area contributed by atoms with E-state index in [1.807, 2.05) is 43.7 Å². The summed E-state index contributed by atoms with van der Waals surface area (Å²) in [6.07, 6.45) is 1.36. The summed E-state index contributed by atoms with van der Waals surface area (Å²) in [5.41, 5.74) is 2.28. The van der Waals surface area contributed by atoms with E-state index in [1.54, 1.807) is 12.3 Å². The van der Waals surface area contributed by atoms with E-state index in [2.05, 4.69) is 49.4 Å². The predicted octanol–water partition coefficient (Wildman–Crippen LogP) is 4.46. The van der Waals surface area contributed by atoms with Crippen molar-refractivity contribution in [2.24, 2.45) is 7.05 Å². The first-order valence-corrected chi connectivity index (χ1v) is 10.8. The molecule has 1 atom stereocenters. The highest BCUT2D eigenvalue weighted by Crippen LogP contribution is 2.27. The maximum absolute atomic E-state index is 12.2. The van der Waals surface area contributed by atoms with Crippen molar-refractivity contribution in [1.82, 2.24) is 19.7 Å². The van der Waals surface area contributed by atoms with Crippen LogP contribution >= 0.6 is 27.7 Å². The van der Waals surface area contributed by atoms with E-state index in [4.69, 9.17) is 4.74 Å². The molecule has 0 spiro atoms. The topological polar surface area (TPSA) is 81.9 Å². The molecule has 9 heteroatoms. The van der Waals surface area contributed by atoms with Gasteiger partial charge in [0.2, 0.25) is 5.91 Å². The highest BCUT2D eigenvalue weighted by molar-refractivity contribution is 9.10. The molecule has 0 aliphatic heterocycles. The van der Waals surface area contributed by atoms with Gasteiger partial charge in [-0.25, -0.2) is 4.98 Å². The highest BCUT2D eigenvalue weighted by Gasteiger charge is 2.19. The van der Waals surface area contributed by atoms with Crippen molar-refractivity contribution in [3.63, 3.8) is 0 Å². The number of benzene rings is 1. The standard InChI is InChI=1S/C20H22BrN5O2S/c1-12-6-5-7-16(13(12)2)28-14(3)19-24-25-20(26(19)4)29-11-18(27)23-17-9-8-15(21)10-22-17/h5-10,14H,11H2,1-4H3,(H,22,23,27). The molecule has 152 valence electrons. The van der Waals surface area contributed by atoms with Gasteiger partial charge in [0.15, 0.2) is 17.1 Å². The molecule has 0 aliphatic carbocycles. The van der Waals surface area contributed by atoms with Gasteiger partial charge in [-0.05, 0) is 66.0 Å². The van der Waals surface area contributed by atoms with Crippen LogP contribution < -0.4 is 10.1 Å². The first-order chi connectivity index (χ1) is 13.8. The van der Waals surface area contributed by atoms with Gasteiger partial charge in [-0.15, -0.1) is 10.2 Å². The van der Waals surface area contributed by atoms with Gasteiger partial charge in [-0.2, -0.15) is 0 Å². The third-order valence-electron chi connectivity index (χ3n) is 4.42. The Bertz CT molecular complexity index is 1010. The molecule has 0 saturated heterocycles. The van der Waals surface area contributed by atoms with Gasteiger partial charge in [0, 0.05) is 17.7 Å². The third kappa shape index (κ3) is 5.36. The first-order valence-electron chi connectivity index (χ1n) is 9.01. The number of pyridine rings is 1. The van der Waals surface area contributed by atoms with Gasteiger partial charge < -0.3 is 14.6 Å². The Hall–Kier alpha value is -2.39. The normalized spacial score (nSPS) is 11.9. The average Bonchev–Trinajstić information content (AvgIpc) is 3.06. The lowest BCUT2D eigenvalue weighted by atomic mass is 10.1. The summed E-state index contributed by atoms with van der Waals surface area (Å²) >= 11 is 4.63. The Morgan fingerprint density at radius 1 is 1.28 bits per heavy atom. The number of hydrogen-bond donors (Lipinski definition) is 1. The molecule has 0 fully saturated rings. The van der Waals surface area contributed by atoms with E-state index in [-0.39, 0.29) is 17.8 Å². The number of carbonyl (C=O) groups excluding carboxylic acids is 1. The molecule has 0 aliphatic rings. The summed E-state index contributed by atoms with van der Waals surface area (Å²) in [5.74, 6) is 2.08. The van der Waals surface area contributed by atoms with Gasteiger partial charge >= 0.3 is 0 Å². The number of thioether (sulfide) groups is 1. The van der Waals surface area contributed by atoms with Crippen LogP contribution in [0, 0.1) is 13.8 Å². The minimum Gasteiger partial charge on any atom is -0.482 e. The molecule has 0 radical (unpaired) electrons. The van der Waals surface area contributed by atoms with Crippen LogP contribution in [0.25, 0.3) is 0 Å². The Labute approximate surface area is 182 Å². The van der Waals surface area contributed by atoms with Gasteiger partial charge in [-0.3, -0.25) is 4.79 Å². The van der Waals surface area contributed by atoms with Gasteiger partial charge in [0.05, 0.1) is 5.75 Å². The van der Waals surface area contributed by atoms with Crippen molar-refractivity contribution in [2.45, 2.75) is 32.0 Å². The smallest absolute Gasteiger partial charge is 0.236 e. The average molecular weight is 476 g/mol.